The standard InChI is InChI=1S/C29H29N3O5S/c1-38(36,37)25-14-9-21(10-15-25)26-17-24-13-16-28(31(24)19-20-5-3-2-4-6-20)27(26)18-30-29(33)22-7-11-23(12-8-22)32(34)35/h2-12,14-15,24,28H,13,16-19H2,1H3,(H,30,33)/t24-,28+/m0/s1. The second-order valence-corrected chi connectivity index (χ2v) is 11.9. The largest absolute Gasteiger partial charge is 0.348 e. The molecule has 8 nitrogen and oxygen atoms in total. The molecule has 1 N–H and O–H groups in total. The maximum Gasteiger partial charge on any atom is 0.269 e. The maximum atomic E-state index is 13.0. The first-order valence-corrected chi connectivity index (χ1v) is 14.4. The molecule has 0 saturated carbocycles. The van der Waals surface area contributed by atoms with Crippen LogP contribution >= 0.6 is 0 Å². The zero-order chi connectivity index (χ0) is 26.9. The second kappa shape index (κ2) is 10.5. The van der Waals surface area contributed by atoms with Gasteiger partial charge < -0.3 is 5.32 Å². The summed E-state index contributed by atoms with van der Waals surface area (Å²) in [6, 6.07) is 23.4. The molecule has 0 spiro atoms. The number of nitrogens with one attached hydrogen (secondary N) is 1. The summed E-state index contributed by atoms with van der Waals surface area (Å²) in [4.78, 5) is 26.2. The number of carbonyl (C=O) groups is 1. The number of amides is 1. The van der Waals surface area contributed by atoms with Crippen molar-refractivity contribution in [3.05, 3.63) is 111 Å². The molecule has 2 bridgehead atoms. The fraction of sp³-hybridized carbons (Fsp3) is 0.276. The van der Waals surface area contributed by atoms with E-state index in [-0.39, 0.29) is 22.5 Å². The summed E-state index contributed by atoms with van der Waals surface area (Å²) >= 11 is 0. The van der Waals surface area contributed by atoms with Gasteiger partial charge in [0.25, 0.3) is 11.6 Å². The Balaban J connectivity index is 1.45. The molecule has 196 valence electrons. The highest BCUT2D eigenvalue weighted by Crippen LogP contribution is 2.43. The Morgan fingerprint density at radius 1 is 1.00 bits per heavy atom. The van der Waals surface area contributed by atoms with Crippen molar-refractivity contribution in [3.8, 4) is 0 Å². The van der Waals surface area contributed by atoms with Crippen molar-refractivity contribution in [2.75, 3.05) is 12.8 Å². The van der Waals surface area contributed by atoms with Crippen LogP contribution in [-0.4, -0.2) is 49.0 Å². The van der Waals surface area contributed by atoms with Crippen LogP contribution in [0.25, 0.3) is 5.57 Å². The van der Waals surface area contributed by atoms with Gasteiger partial charge in [-0.3, -0.25) is 19.8 Å². The van der Waals surface area contributed by atoms with Gasteiger partial charge in [-0.2, -0.15) is 0 Å². The Morgan fingerprint density at radius 3 is 2.32 bits per heavy atom. The lowest BCUT2D eigenvalue weighted by molar-refractivity contribution is -0.384. The van der Waals surface area contributed by atoms with Gasteiger partial charge in [0, 0.05) is 49.1 Å². The smallest absolute Gasteiger partial charge is 0.269 e. The quantitative estimate of drug-likeness (QED) is 0.336. The van der Waals surface area contributed by atoms with E-state index in [1.54, 1.807) is 12.1 Å². The molecule has 3 aromatic carbocycles. The monoisotopic (exact) mass is 531 g/mol. The Hall–Kier alpha value is -3.82. The molecule has 9 heteroatoms. The normalized spacial score (nSPS) is 19.4. The minimum atomic E-state index is -3.30. The van der Waals surface area contributed by atoms with Crippen molar-refractivity contribution in [1.29, 1.82) is 0 Å². The van der Waals surface area contributed by atoms with Gasteiger partial charge in [-0.1, -0.05) is 42.5 Å². The first kappa shape index (κ1) is 25.8. The van der Waals surface area contributed by atoms with Crippen molar-refractivity contribution in [2.45, 2.75) is 42.8 Å². The summed E-state index contributed by atoms with van der Waals surface area (Å²) < 4.78 is 24.0. The molecular weight excluding hydrogens is 502 g/mol. The number of fused-ring (bicyclic) bond motifs is 2. The number of non-ortho nitro benzene ring substituents is 1. The molecule has 2 aliphatic heterocycles. The topological polar surface area (TPSA) is 110 Å². The van der Waals surface area contributed by atoms with E-state index in [9.17, 15) is 23.3 Å². The fourth-order valence-corrected chi connectivity index (χ4v) is 6.21. The fourth-order valence-electron chi connectivity index (χ4n) is 5.57. The van der Waals surface area contributed by atoms with Crippen molar-refractivity contribution in [2.24, 2.45) is 0 Å². The summed E-state index contributed by atoms with van der Waals surface area (Å²) in [7, 11) is -3.30. The number of hydrogen-bond donors (Lipinski definition) is 1. The summed E-state index contributed by atoms with van der Waals surface area (Å²) in [6.45, 7) is 1.15. The highest BCUT2D eigenvalue weighted by atomic mass is 32.2. The number of nitrogens with zero attached hydrogens (tertiary/aromatic N) is 2. The third-order valence-electron chi connectivity index (χ3n) is 7.49. The predicted molar refractivity (Wildman–Crippen MR) is 145 cm³/mol. The van der Waals surface area contributed by atoms with Gasteiger partial charge in [-0.25, -0.2) is 8.42 Å². The number of nitro benzene ring substituents is 1. The number of sulfone groups is 1. The van der Waals surface area contributed by atoms with Gasteiger partial charge in [-0.05, 0) is 65.8 Å². The molecule has 3 aromatic rings. The van der Waals surface area contributed by atoms with Crippen LogP contribution in [0.5, 0.6) is 0 Å². The van der Waals surface area contributed by atoms with Crippen LogP contribution in [0.3, 0.4) is 0 Å². The first-order valence-electron chi connectivity index (χ1n) is 12.6. The van der Waals surface area contributed by atoms with E-state index < -0.39 is 14.8 Å². The summed E-state index contributed by atoms with van der Waals surface area (Å²) in [5.41, 5.74) is 4.76. The molecule has 1 saturated heterocycles. The second-order valence-electron chi connectivity index (χ2n) is 9.90. The number of rotatable bonds is 8. The lowest BCUT2D eigenvalue weighted by Gasteiger charge is -2.38. The zero-order valence-corrected chi connectivity index (χ0v) is 21.9. The molecule has 0 radical (unpaired) electrons. The van der Waals surface area contributed by atoms with E-state index in [0.29, 0.717) is 18.2 Å². The summed E-state index contributed by atoms with van der Waals surface area (Å²) in [6.07, 6.45) is 4.03. The Bertz CT molecular complexity index is 1480. The third-order valence-corrected chi connectivity index (χ3v) is 8.62. The molecule has 0 aliphatic carbocycles. The van der Waals surface area contributed by atoms with E-state index in [1.807, 2.05) is 30.3 Å². The molecule has 1 amide bonds. The van der Waals surface area contributed by atoms with Gasteiger partial charge in [-0.15, -0.1) is 0 Å². The summed E-state index contributed by atoms with van der Waals surface area (Å²) in [5, 5.41) is 14.0. The van der Waals surface area contributed by atoms with E-state index >= 15 is 0 Å². The minimum absolute atomic E-state index is 0.0649. The van der Waals surface area contributed by atoms with E-state index in [4.69, 9.17) is 0 Å². The number of nitro groups is 1. The number of hydrogen-bond acceptors (Lipinski definition) is 6. The van der Waals surface area contributed by atoms with Crippen LogP contribution in [0.15, 0.2) is 89.3 Å². The van der Waals surface area contributed by atoms with Gasteiger partial charge >= 0.3 is 0 Å². The molecule has 0 aromatic heterocycles. The van der Waals surface area contributed by atoms with Crippen molar-refractivity contribution < 1.29 is 18.1 Å². The van der Waals surface area contributed by atoms with E-state index in [0.717, 1.165) is 42.5 Å². The SMILES string of the molecule is CS(=O)(=O)c1ccc(C2=C(CNC(=O)c3ccc([N+](=O)[O-])cc3)[C@H]3CC[C@@H](C2)N3Cc2ccccc2)cc1. The number of carbonyl (C=O) groups excluding carboxylic acids is 1. The molecule has 0 unspecified atom stereocenters. The van der Waals surface area contributed by atoms with Gasteiger partial charge in [0.2, 0.25) is 0 Å². The molecule has 5 rings (SSSR count). The average Bonchev–Trinajstić information content (AvgIpc) is 3.18. The molecule has 2 aliphatic rings. The van der Waals surface area contributed by atoms with Crippen LogP contribution in [-0.2, 0) is 16.4 Å². The highest BCUT2D eigenvalue weighted by molar-refractivity contribution is 7.90. The van der Waals surface area contributed by atoms with Gasteiger partial charge in [0.15, 0.2) is 9.84 Å². The van der Waals surface area contributed by atoms with Crippen LogP contribution in [0, 0.1) is 10.1 Å². The van der Waals surface area contributed by atoms with Gasteiger partial charge in [0.05, 0.1) is 9.82 Å². The van der Waals surface area contributed by atoms with Crippen LogP contribution in [0.2, 0.25) is 0 Å². The van der Waals surface area contributed by atoms with E-state index in [2.05, 4.69) is 22.3 Å². The molecule has 38 heavy (non-hydrogen) atoms. The summed E-state index contributed by atoms with van der Waals surface area (Å²) in [5.74, 6) is -0.297. The Labute approximate surface area is 222 Å². The zero-order valence-electron chi connectivity index (χ0n) is 21.0. The van der Waals surface area contributed by atoms with E-state index in [1.165, 1.54) is 36.1 Å². The Morgan fingerprint density at radius 2 is 1.68 bits per heavy atom. The van der Waals surface area contributed by atoms with Crippen LogP contribution in [0.4, 0.5) is 5.69 Å². The maximum absolute atomic E-state index is 13.0. The van der Waals surface area contributed by atoms with Crippen molar-refractivity contribution >= 4 is 27.0 Å². The lowest BCUT2D eigenvalue weighted by atomic mass is 9.88. The van der Waals surface area contributed by atoms with Crippen molar-refractivity contribution in [1.82, 2.24) is 10.2 Å². The highest BCUT2D eigenvalue weighted by Gasteiger charge is 2.41. The first-order chi connectivity index (χ1) is 18.2. The third kappa shape index (κ3) is 5.39. The lowest BCUT2D eigenvalue weighted by Crippen LogP contribution is -2.43. The molecule has 1 fully saturated rings. The molecule has 2 atom stereocenters. The minimum Gasteiger partial charge on any atom is -0.348 e. The average molecular weight is 532 g/mol. The Kier molecular flexibility index (Phi) is 7.14. The predicted octanol–water partition coefficient (Wildman–Crippen LogP) is 4.62. The van der Waals surface area contributed by atoms with Gasteiger partial charge in [0.1, 0.15) is 0 Å². The van der Waals surface area contributed by atoms with Crippen LogP contribution < -0.4 is 5.32 Å². The number of benzene rings is 3. The molecule has 2 heterocycles. The van der Waals surface area contributed by atoms with Crippen molar-refractivity contribution in [3.63, 3.8) is 0 Å². The van der Waals surface area contributed by atoms with Crippen LogP contribution in [0.1, 0.15) is 40.7 Å². The molecular formula is C29H29N3O5S.